The van der Waals surface area contributed by atoms with Gasteiger partial charge in [-0.2, -0.15) is 0 Å². The fourth-order valence-electron chi connectivity index (χ4n) is 2.67. The Morgan fingerprint density at radius 1 is 1.32 bits per heavy atom. The van der Waals surface area contributed by atoms with Crippen LogP contribution in [-0.4, -0.2) is 20.3 Å². The Morgan fingerprint density at radius 3 is 2.79 bits per heavy atom. The third-order valence-corrected chi connectivity index (χ3v) is 3.62. The van der Waals surface area contributed by atoms with Crippen molar-refractivity contribution in [2.75, 3.05) is 0 Å². The molecule has 0 amide bonds. The molecule has 0 saturated heterocycles. The predicted molar refractivity (Wildman–Crippen MR) is 69.4 cm³/mol. The summed E-state index contributed by atoms with van der Waals surface area (Å²) in [6.07, 6.45) is 2.61. The van der Waals surface area contributed by atoms with E-state index in [-0.39, 0.29) is 11.7 Å². The van der Waals surface area contributed by atoms with Gasteiger partial charge in [0.15, 0.2) is 5.78 Å². The summed E-state index contributed by atoms with van der Waals surface area (Å²) in [4.78, 5) is 41.9. The zero-order valence-electron chi connectivity index (χ0n) is 10.7. The third-order valence-electron chi connectivity index (χ3n) is 3.62. The van der Waals surface area contributed by atoms with Crippen LogP contribution in [-0.2, 0) is 13.5 Å². The highest BCUT2D eigenvalue weighted by atomic mass is 16.2. The Balaban J connectivity index is 2.50. The predicted octanol–water partition coefficient (Wildman–Crippen LogP) is 0.387. The highest BCUT2D eigenvalue weighted by Crippen LogP contribution is 2.28. The van der Waals surface area contributed by atoms with E-state index in [9.17, 15) is 14.4 Å². The third kappa shape index (κ3) is 1.63. The van der Waals surface area contributed by atoms with Crippen LogP contribution in [0.1, 0.15) is 29.3 Å². The minimum absolute atomic E-state index is 0.0106. The topological polar surface area (TPSA) is 84.8 Å². The number of pyridine rings is 1. The second-order valence-corrected chi connectivity index (χ2v) is 5.10. The first-order valence-corrected chi connectivity index (χ1v) is 6.13. The van der Waals surface area contributed by atoms with Crippen molar-refractivity contribution < 1.29 is 4.79 Å². The number of nitrogens with one attached hydrogen (secondary N) is 1. The second kappa shape index (κ2) is 3.88. The SMILES string of the molecule is CC1CC(=O)c2cnc3c(c2C1)c(=O)[nH]c(=O)n3C. The monoisotopic (exact) mass is 259 g/mol. The number of aromatic nitrogens is 3. The molecule has 1 atom stereocenters. The van der Waals surface area contributed by atoms with Crippen molar-refractivity contribution in [3.8, 4) is 0 Å². The summed E-state index contributed by atoms with van der Waals surface area (Å²) in [7, 11) is 1.55. The summed E-state index contributed by atoms with van der Waals surface area (Å²) >= 11 is 0. The van der Waals surface area contributed by atoms with E-state index in [0.29, 0.717) is 35.0 Å². The molecule has 1 aliphatic carbocycles. The van der Waals surface area contributed by atoms with Crippen LogP contribution < -0.4 is 11.2 Å². The van der Waals surface area contributed by atoms with Gasteiger partial charge in [0, 0.05) is 25.2 Å². The largest absolute Gasteiger partial charge is 0.329 e. The Labute approximate surface area is 108 Å². The number of rotatable bonds is 0. The number of aromatic amines is 1. The number of hydrogen-bond donors (Lipinski definition) is 1. The van der Waals surface area contributed by atoms with Gasteiger partial charge in [0.1, 0.15) is 5.65 Å². The summed E-state index contributed by atoms with van der Waals surface area (Å²) < 4.78 is 1.29. The standard InChI is InChI=1S/C13H13N3O3/c1-6-3-7-8(9(17)4-6)5-14-11-10(7)12(18)15-13(19)16(11)2/h5-6H,3-4H2,1-2H3,(H,15,18,19). The van der Waals surface area contributed by atoms with Crippen molar-refractivity contribution in [2.24, 2.45) is 13.0 Å². The van der Waals surface area contributed by atoms with Crippen LogP contribution in [0, 0.1) is 5.92 Å². The first-order chi connectivity index (χ1) is 8.99. The van der Waals surface area contributed by atoms with E-state index in [0.717, 1.165) is 0 Å². The van der Waals surface area contributed by atoms with Gasteiger partial charge in [0.25, 0.3) is 5.56 Å². The maximum atomic E-state index is 12.0. The number of H-pyrrole nitrogens is 1. The molecule has 1 aliphatic rings. The summed E-state index contributed by atoms with van der Waals surface area (Å²) in [6.45, 7) is 1.98. The van der Waals surface area contributed by atoms with E-state index < -0.39 is 11.2 Å². The van der Waals surface area contributed by atoms with Crippen LogP contribution in [0.5, 0.6) is 0 Å². The maximum Gasteiger partial charge on any atom is 0.329 e. The van der Waals surface area contributed by atoms with Crippen LogP contribution in [0.25, 0.3) is 11.0 Å². The van der Waals surface area contributed by atoms with Gasteiger partial charge in [0.05, 0.1) is 5.39 Å². The van der Waals surface area contributed by atoms with Crippen LogP contribution in [0.4, 0.5) is 0 Å². The molecule has 0 radical (unpaired) electrons. The lowest BCUT2D eigenvalue weighted by Gasteiger charge is -2.21. The fraction of sp³-hybridized carbons (Fsp3) is 0.385. The molecule has 2 aromatic rings. The van der Waals surface area contributed by atoms with E-state index in [2.05, 4.69) is 9.97 Å². The minimum Gasteiger partial charge on any atom is -0.294 e. The number of hydrogen-bond acceptors (Lipinski definition) is 4. The van der Waals surface area contributed by atoms with E-state index in [1.54, 1.807) is 7.05 Å². The maximum absolute atomic E-state index is 12.0. The summed E-state index contributed by atoms with van der Waals surface area (Å²) in [5.74, 6) is 0.207. The number of ketones is 1. The number of carbonyl (C=O) groups is 1. The smallest absolute Gasteiger partial charge is 0.294 e. The number of Topliss-reactive ketones (excluding diaryl/α,β-unsaturated/α-hetero) is 1. The molecule has 0 spiro atoms. The first-order valence-electron chi connectivity index (χ1n) is 6.13. The summed E-state index contributed by atoms with van der Waals surface area (Å²) in [5.41, 5.74) is 0.583. The molecule has 1 unspecified atom stereocenters. The molecule has 0 bridgehead atoms. The van der Waals surface area contributed by atoms with E-state index in [1.807, 2.05) is 6.92 Å². The number of carbonyl (C=O) groups excluding carboxylic acids is 1. The van der Waals surface area contributed by atoms with E-state index in [1.165, 1.54) is 10.8 Å². The average Bonchev–Trinajstić information content (AvgIpc) is 2.34. The molecule has 6 heteroatoms. The van der Waals surface area contributed by atoms with Crippen molar-refractivity contribution in [2.45, 2.75) is 19.8 Å². The molecule has 6 nitrogen and oxygen atoms in total. The molecule has 2 heterocycles. The van der Waals surface area contributed by atoms with Crippen LogP contribution in [0.15, 0.2) is 15.8 Å². The van der Waals surface area contributed by atoms with Gasteiger partial charge in [-0.05, 0) is 17.9 Å². The van der Waals surface area contributed by atoms with Gasteiger partial charge in [-0.15, -0.1) is 0 Å². The van der Waals surface area contributed by atoms with Gasteiger partial charge in [-0.3, -0.25) is 19.1 Å². The average molecular weight is 259 g/mol. The van der Waals surface area contributed by atoms with Gasteiger partial charge in [-0.1, -0.05) is 6.92 Å². The zero-order chi connectivity index (χ0) is 13.7. The lowest BCUT2D eigenvalue weighted by Crippen LogP contribution is -2.31. The van der Waals surface area contributed by atoms with Crippen molar-refractivity contribution in [3.63, 3.8) is 0 Å². The van der Waals surface area contributed by atoms with E-state index >= 15 is 0 Å². The fourth-order valence-corrected chi connectivity index (χ4v) is 2.67. The molecule has 3 rings (SSSR count). The highest BCUT2D eigenvalue weighted by Gasteiger charge is 2.26. The first kappa shape index (κ1) is 11.8. The van der Waals surface area contributed by atoms with Crippen LogP contribution in [0.3, 0.4) is 0 Å². The number of aryl methyl sites for hydroxylation is 1. The van der Waals surface area contributed by atoms with Gasteiger partial charge in [-0.25, -0.2) is 9.78 Å². The number of nitrogens with zero attached hydrogens (tertiary/aromatic N) is 2. The summed E-state index contributed by atoms with van der Waals surface area (Å²) in [6, 6.07) is 0. The highest BCUT2D eigenvalue weighted by molar-refractivity contribution is 6.02. The summed E-state index contributed by atoms with van der Waals surface area (Å²) in [5, 5.41) is 0.361. The van der Waals surface area contributed by atoms with Gasteiger partial charge < -0.3 is 0 Å². The molecule has 0 aliphatic heterocycles. The molecule has 1 N–H and O–H groups in total. The van der Waals surface area contributed by atoms with Crippen LogP contribution >= 0.6 is 0 Å². The molecule has 98 valence electrons. The normalized spacial score (nSPS) is 18.6. The Bertz CT molecular complexity index is 816. The quantitative estimate of drug-likeness (QED) is 0.741. The molecule has 0 aromatic carbocycles. The Kier molecular flexibility index (Phi) is 2.41. The van der Waals surface area contributed by atoms with Gasteiger partial charge in [0.2, 0.25) is 0 Å². The van der Waals surface area contributed by atoms with Crippen molar-refractivity contribution in [1.29, 1.82) is 0 Å². The molecule has 0 saturated carbocycles. The lowest BCUT2D eigenvalue weighted by atomic mass is 9.84. The lowest BCUT2D eigenvalue weighted by molar-refractivity contribution is 0.0953. The van der Waals surface area contributed by atoms with Crippen molar-refractivity contribution in [3.05, 3.63) is 38.2 Å². The molecule has 0 fully saturated rings. The zero-order valence-corrected chi connectivity index (χ0v) is 10.7. The van der Waals surface area contributed by atoms with Gasteiger partial charge >= 0.3 is 5.69 Å². The Morgan fingerprint density at radius 2 is 2.05 bits per heavy atom. The molecular formula is C13H13N3O3. The second-order valence-electron chi connectivity index (χ2n) is 5.10. The van der Waals surface area contributed by atoms with Crippen molar-refractivity contribution >= 4 is 16.8 Å². The van der Waals surface area contributed by atoms with E-state index in [4.69, 9.17) is 0 Å². The Hall–Kier alpha value is -2.24. The molecule has 19 heavy (non-hydrogen) atoms. The molecule has 2 aromatic heterocycles. The minimum atomic E-state index is -0.500. The number of fused-ring (bicyclic) bond motifs is 3. The van der Waals surface area contributed by atoms with Crippen LogP contribution in [0.2, 0.25) is 0 Å². The molecular weight excluding hydrogens is 246 g/mol. The van der Waals surface area contributed by atoms with Crippen molar-refractivity contribution in [1.82, 2.24) is 14.5 Å².